The molecule has 1 fully saturated rings. The van der Waals surface area contributed by atoms with E-state index in [4.69, 9.17) is 9.84 Å². The monoisotopic (exact) mass is 270 g/mol. The summed E-state index contributed by atoms with van der Waals surface area (Å²) in [7, 11) is 0. The van der Waals surface area contributed by atoms with Crippen LogP contribution in [0.4, 0.5) is 0 Å². The molecule has 1 aliphatic rings. The van der Waals surface area contributed by atoms with Crippen LogP contribution in [0.1, 0.15) is 25.1 Å². The summed E-state index contributed by atoms with van der Waals surface area (Å²) >= 11 is 1.28. The number of hydrogen-bond acceptors (Lipinski definition) is 4. The van der Waals surface area contributed by atoms with Crippen molar-refractivity contribution in [2.75, 3.05) is 19.0 Å². The van der Waals surface area contributed by atoms with E-state index in [-0.39, 0.29) is 5.75 Å². The predicted octanol–water partition coefficient (Wildman–Crippen LogP) is 1.97. The third-order valence-corrected chi connectivity index (χ3v) is 4.15. The summed E-state index contributed by atoms with van der Waals surface area (Å²) in [5, 5.41) is 9.56. The van der Waals surface area contributed by atoms with Gasteiger partial charge in [0, 0.05) is 30.5 Å². The number of imidazole rings is 1. The molecular weight excluding hydrogens is 252 g/mol. The van der Waals surface area contributed by atoms with Crippen LogP contribution in [-0.2, 0) is 9.53 Å². The maximum Gasteiger partial charge on any atom is 0.313 e. The van der Waals surface area contributed by atoms with E-state index >= 15 is 0 Å². The number of aromatic nitrogens is 2. The third kappa shape index (κ3) is 2.87. The highest BCUT2D eigenvalue weighted by Gasteiger charge is 2.26. The third-order valence-electron chi connectivity index (χ3n) is 3.20. The minimum Gasteiger partial charge on any atom is -0.481 e. The molecule has 0 aliphatic carbocycles. The molecule has 2 unspecified atom stereocenters. The summed E-state index contributed by atoms with van der Waals surface area (Å²) in [6, 6.07) is 0.359. The van der Waals surface area contributed by atoms with Gasteiger partial charge in [-0.2, -0.15) is 0 Å². The second-order valence-corrected chi connectivity index (χ2v) is 5.59. The van der Waals surface area contributed by atoms with Gasteiger partial charge in [0.15, 0.2) is 5.16 Å². The Bertz CT molecular complexity index is 433. The number of aryl methyl sites for hydroxylation is 1. The number of rotatable bonds is 4. The number of nitrogens with zero attached hydrogens (tertiary/aromatic N) is 2. The highest BCUT2D eigenvalue weighted by molar-refractivity contribution is 7.99. The van der Waals surface area contributed by atoms with Crippen molar-refractivity contribution in [1.82, 2.24) is 9.55 Å². The average molecular weight is 270 g/mol. The van der Waals surface area contributed by atoms with E-state index in [0.717, 1.165) is 30.5 Å². The van der Waals surface area contributed by atoms with Crippen molar-refractivity contribution >= 4 is 17.7 Å². The van der Waals surface area contributed by atoms with Gasteiger partial charge in [-0.05, 0) is 13.3 Å². The zero-order valence-corrected chi connectivity index (χ0v) is 11.4. The van der Waals surface area contributed by atoms with E-state index < -0.39 is 5.97 Å². The fourth-order valence-electron chi connectivity index (χ4n) is 2.31. The number of aliphatic carboxylic acids is 1. The quantitative estimate of drug-likeness (QED) is 0.847. The molecule has 0 aromatic carbocycles. The van der Waals surface area contributed by atoms with E-state index in [9.17, 15) is 4.79 Å². The first-order valence-corrected chi connectivity index (χ1v) is 7.04. The fraction of sp³-hybridized carbons (Fsp3) is 0.667. The lowest BCUT2D eigenvalue weighted by Gasteiger charge is -2.31. The van der Waals surface area contributed by atoms with Crippen molar-refractivity contribution < 1.29 is 14.6 Å². The minimum absolute atomic E-state index is 0.0497. The molecule has 5 nitrogen and oxygen atoms in total. The summed E-state index contributed by atoms with van der Waals surface area (Å²) in [6.07, 6.45) is 2.77. The molecule has 1 N–H and O–H groups in total. The second kappa shape index (κ2) is 5.75. The summed E-state index contributed by atoms with van der Waals surface area (Å²) in [5.41, 5.74) is 1.08. The van der Waals surface area contributed by atoms with E-state index in [0.29, 0.717) is 12.0 Å². The summed E-state index contributed by atoms with van der Waals surface area (Å²) in [4.78, 5) is 15.0. The van der Waals surface area contributed by atoms with Crippen molar-refractivity contribution in [2.24, 2.45) is 5.92 Å². The van der Waals surface area contributed by atoms with Gasteiger partial charge in [-0.15, -0.1) is 0 Å². The van der Waals surface area contributed by atoms with Crippen LogP contribution < -0.4 is 0 Å². The molecule has 1 aromatic heterocycles. The molecule has 0 amide bonds. The van der Waals surface area contributed by atoms with Gasteiger partial charge in [0.2, 0.25) is 0 Å². The van der Waals surface area contributed by atoms with Crippen LogP contribution >= 0.6 is 11.8 Å². The second-order valence-electron chi connectivity index (χ2n) is 4.64. The van der Waals surface area contributed by atoms with Crippen LogP contribution in [0, 0.1) is 12.8 Å². The first-order valence-electron chi connectivity index (χ1n) is 6.05. The highest BCUT2D eigenvalue weighted by Crippen LogP contribution is 2.32. The summed E-state index contributed by atoms with van der Waals surface area (Å²) < 4.78 is 7.62. The largest absolute Gasteiger partial charge is 0.481 e. The Hall–Kier alpha value is -1.01. The Morgan fingerprint density at radius 1 is 1.72 bits per heavy atom. The molecule has 0 radical (unpaired) electrons. The Morgan fingerprint density at radius 3 is 3.17 bits per heavy atom. The van der Waals surface area contributed by atoms with Crippen molar-refractivity contribution in [3.63, 3.8) is 0 Å². The van der Waals surface area contributed by atoms with Crippen LogP contribution in [0.15, 0.2) is 11.4 Å². The van der Waals surface area contributed by atoms with Crippen molar-refractivity contribution in [3.05, 3.63) is 11.9 Å². The van der Waals surface area contributed by atoms with E-state index in [1.54, 1.807) is 0 Å². The predicted molar refractivity (Wildman–Crippen MR) is 69.0 cm³/mol. The minimum atomic E-state index is -0.813. The number of carboxylic acids is 1. The topological polar surface area (TPSA) is 64.3 Å². The standard InChI is InChI=1S/C12H18N2O3S/c1-8-6-17-4-3-10(8)14-9(2)5-13-12(14)18-7-11(15)16/h5,8,10H,3-4,6-7H2,1-2H3,(H,15,16). The van der Waals surface area contributed by atoms with E-state index in [1.807, 2.05) is 13.1 Å². The molecule has 0 bridgehead atoms. The fourth-order valence-corrected chi connectivity index (χ4v) is 3.11. The molecule has 0 spiro atoms. The number of ether oxygens (including phenoxy) is 1. The molecule has 6 heteroatoms. The highest BCUT2D eigenvalue weighted by atomic mass is 32.2. The number of thioether (sulfide) groups is 1. The van der Waals surface area contributed by atoms with Gasteiger partial charge in [0.1, 0.15) is 0 Å². The molecule has 1 aliphatic heterocycles. The van der Waals surface area contributed by atoms with Crippen LogP contribution in [0.2, 0.25) is 0 Å². The van der Waals surface area contributed by atoms with Gasteiger partial charge in [-0.25, -0.2) is 4.98 Å². The normalized spacial score (nSPS) is 24.1. The molecular formula is C12H18N2O3S. The van der Waals surface area contributed by atoms with Gasteiger partial charge in [-0.3, -0.25) is 4.79 Å². The molecule has 2 rings (SSSR count). The van der Waals surface area contributed by atoms with Gasteiger partial charge in [0.25, 0.3) is 0 Å². The molecule has 18 heavy (non-hydrogen) atoms. The molecule has 100 valence electrons. The lowest BCUT2D eigenvalue weighted by molar-refractivity contribution is -0.133. The van der Waals surface area contributed by atoms with Crippen LogP contribution in [0.25, 0.3) is 0 Å². The smallest absolute Gasteiger partial charge is 0.313 e. The first kappa shape index (κ1) is 13.4. The molecule has 0 saturated carbocycles. The zero-order chi connectivity index (χ0) is 13.1. The van der Waals surface area contributed by atoms with E-state index in [2.05, 4.69) is 16.5 Å². The van der Waals surface area contributed by atoms with Gasteiger partial charge in [0.05, 0.1) is 12.4 Å². The van der Waals surface area contributed by atoms with Gasteiger partial charge < -0.3 is 14.4 Å². The van der Waals surface area contributed by atoms with Crippen molar-refractivity contribution in [3.8, 4) is 0 Å². The summed E-state index contributed by atoms with van der Waals surface area (Å²) in [6.45, 7) is 5.69. The molecule has 2 heterocycles. The average Bonchev–Trinajstić information content (AvgIpc) is 2.69. The Morgan fingerprint density at radius 2 is 2.50 bits per heavy atom. The molecule has 2 atom stereocenters. The Balaban J connectivity index is 2.19. The Labute approximate surface area is 111 Å². The lowest BCUT2D eigenvalue weighted by Crippen LogP contribution is -2.29. The van der Waals surface area contributed by atoms with Crippen LogP contribution in [0.3, 0.4) is 0 Å². The van der Waals surface area contributed by atoms with Gasteiger partial charge >= 0.3 is 5.97 Å². The van der Waals surface area contributed by atoms with Crippen LogP contribution in [-0.4, -0.2) is 39.6 Å². The first-order chi connectivity index (χ1) is 8.59. The number of hydrogen-bond donors (Lipinski definition) is 1. The molecule has 1 aromatic rings. The van der Waals surface area contributed by atoms with E-state index in [1.165, 1.54) is 11.8 Å². The zero-order valence-electron chi connectivity index (χ0n) is 10.6. The Kier molecular flexibility index (Phi) is 4.29. The molecule has 1 saturated heterocycles. The van der Waals surface area contributed by atoms with Crippen LogP contribution in [0.5, 0.6) is 0 Å². The van der Waals surface area contributed by atoms with Gasteiger partial charge in [-0.1, -0.05) is 18.7 Å². The summed E-state index contributed by atoms with van der Waals surface area (Å²) in [5.74, 6) is -0.336. The number of carbonyl (C=O) groups is 1. The lowest BCUT2D eigenvalue weighted by atomic mass is 9.97. The number of carboxylic acid groups (broad SMARTS) is 1. The van der Waals surface area contributed by atoms with Crippen molar-refractivity contribution in [2.45, 2.75) is 31.5 Å². The maximum absolute atomic E-state index is 10.7. The van der Waals surface area contributed by atoms with Crippen molar-refractivity contribution in [1.29, 1.82) is 0 Å². The maximum atomic E-state index is 10.7. The SMILES string of the molecule is Cc1cnc(SCC(=O)O)n1C1CCOCC1C.